The number of hydrogen-bond donors (Lipinski definition) is 2. The maximum atomic E-state index is 12.3. The second-order valence-electron chi connectivity index (χ2n) is 6.09. The standard InChI is InChI=1S/C16H20N2O5/c1-11-9-12(18(22)23)5-6-13(11)14(19)17-10-16(15(20)21)7-3-2-4-8-16/h5-6,9H,2-4,7-8,10H2,1H3,(H,17,19)(H,20,21). The SMILES string of the molecule is Cc1cc([N+](=O)[O-])ccc1C(=O)NCC1(C(=O)O)CCCCC1. The van der Waals surface area contributed by atoms with Crippen LogP contribution in [0, 0.1) is 22.5 Å². The molecule has 0 saturated heterocycles. The predicted octanol–water partition coefficient (Wildman–Crippen LogP) is 2.67. The molecule has 0 spiro atoms. The molecule has 1 amide bonds. The summed E-state index contributed by atoms with van der Waals surface area (Å²) >= 11 is 0. The van der Waals surface area contributed by atoms with Crippen molar-refractivity contribution in [3.05, 3.63) is 39.4 Å². The average Bonchev–Trinajstić information content (AvgIpc) is 2.53. The highest BCUT2D eigenvalue weighted by Crippen LogP contribution is 2.36. The van der Waals surface area contributed by atoms with E-state index in [-0.39, 0.29) is 12.2 Å². The largest absolute Gasteiger partial charge is 0.481 e. The number of rotatable bonds is 5. The quantitative estimate of drug-likeness (QED) is 0.640. The van der Waals surface area contributed by atoms with Gasteiger partial charge in [-0.05, 0) is 31.4 Å². The molecule has 1 aromatic rings. The summed E-state index contributed by atoms with van der Waals surface area (Å²) in [6.07, 6.45) is 3.83. The molecule has 0 aromatic heterocycles. The molecule has 124 valence electrons. The lowest BCUT2D eigenvalue weighted by Crippen LogP contribution is -2.44. The monoisotopic (exact) mass is 320 g/mol. The van der Waals surface area contributed by atoms with Crippen LogP contribution in [0.15, 0.2) is 18.2 Å². The van der Waals surface area contributed by atoms with Crippen molar-refractivity contribution < 1.29 is 19.6 Å². The van der Waals surface area contributed by atoms with Gasteiger partial charge in [0.1, 0.15) is 0 Å². The van der Waals surface area contributed by atoms with E-state index < -0.39 is 22.2 Å². The molecule has 2 rings (SSSR count). The fraction of sp³-hybridized carbons (Fsp3) is 0.500. The Morgan fingerprint density at radius 3 is 2.48 bits per heavy atom. The van der Waals surface area contributed by atoms with Crippen LogP contribution in [-0.4, -0.2) is 28.5 Å². The van der Waals surface area contributed by atoms with E-state index in [1.165, 1.54) is 18.2 Å². The third-order valence-electron chi connectivity index (χ3n) is 4.52. The Labute approximate surface area is 133 Å². The number of carboxylic acids is 1. The Bertz CT molecular complexity index is 635. The molecular formula is C16H20N2O5. The van der Waals surface area contributed by atoms with Gasteiger partial charge in [0.05, 0.1) is 10.3 Å². The van der Waals surface area contributed by atoms with E-state index >= 15 is 0 Å². The number of nitro groups is 1. The third-order valence-corrected chi connectivity index (χ3v) is 4.52. The van der Waals surface area contributed by atoms with Crippen molar-refractivity contribution in [2.75, 3.05) is 6.54 Å². The summed E-state index contributed by atoms with van der Waals surface area (Å²) in [4.78, 5) is 34.1. The van der Waals surface area contributed by atoms with Gasteiger partial charge in [0.25, 0.3) is 11.6 Å². The van der Waals surface area contributed by atoms with Gasteiger partial charge in [-0.25, -0.2) is 0 Å². The van der Waals surface area contributed by atoms with Gasteiger partial charge in [-0.3, -0.25) is 19.7 Å². The van der Waals surface area contributed by atoms with Crippen molar-refractivity contribution in [1.29, 1.82) is 0 Å². The minimum atomic E-state index is -0.900. The van der Waals surface area contributed by atoms with Crippen LogP contribution in [0.5, 0.6) is 0 Å². The van der Waals surface area contributed by atoms with Gasteiger partial charge in [-0.15, -0.1) is 0 Å². The molecule has 0 atom stereocenters. The second kappa shape index (κ2) is 6.76. The lowest BCUT2D eigenvalue weighted by molar-refractivity contribution is -0.384. The molecule has 7 nitrogen and oxygen atoms in total. The van der Waals surface area contributed by atoms with Crippen LogP contribution in [0.1, 0.15) is 48.0 Å². The molecule has 1 aromatic carbocycles. The Morgan fingerprint density at radius 2 is 1.96 bits per heavy atom. The predicted molar refractivity (Wildman–Crippen MR) is 83.3 cm³/mol. The zero-order valence-electron chi connectivity index (χ0n) is 13.0. The Balaban J connectivity index is 2.09. The third kappa shape index (κ3) is 3.67. The number of amides is 1. The number of carbonyl (C=O) groups is 2. The van der Waals surface area contributed by atoms with Crippen LogP contribution in [0.4, 0.5) is 5.69 Å². The summed E-state index contributed by atoms with van der Waals surface area (Å²) in [5, 5.41) is 22.9. The summed E-state index contributed by atoms with van der Waals surface area (Å²) in [5.41, 5.74) is -0.159. The first-order valence-electron chi connectivity index (χ1n) is 7.62. The molecule has 2 N–H and O–H groups in total. The number of non-ortho nitro benzene ring substituents is 1. The van der Waals surface area contributed by atoms with Crippen molar-refractivity contribution in [3.8, 4) is 0 Å². The van der Waals surface area contributed by atoms with Crippen molar-refractivity contribution >= 4 is 17.6 Å². The van der Waals surface area contributed by atoms with Crippen LogP contribution in [0.2, 0.25) is 0 Å². The number of carboxylic acid groups (broad SMARTS) is 1. The molecule has 1 fully saturated rings. The molecule has 23 heavy (non-hydrogen) atoms. The molecule has 0 unspecified atom stereocenters. The van der Waals surface area contributed by atoms with Crippen molar-refractivity contribution in [1.82, 2.24) is 5.32 Å². The molecule has 0 aliphatic heterocycles. The van der Waals surface area contributed by atoms with Crippen LogP contribution < -0.4 is 5.32 Å². The van der Waals surface area contributed by atoms with E-state index in [4.69, 9.17) is 0 Å². The minimum Gasteiger partial charge on any atom is -0.481 e. The number of nitro benzene ring substituents is 1. The highest BCUT2D eigenvalue weighted by Gasteiger charge is 2.39. The van der Waals surface area contributed by atoms with Crippen LogP contribution in [-0.2, 0) is 4.79 Å². The van der Waals surface area contributed by atoms with E-state index in [9.17, 15) is 24.8 Å². The fourth-order valence-electron chi connectivity index (χ4n) is 3.06. The first-order chi connectivity index (χ1) is 10.9. The molecule has 0 bridgehead atoms. The summed E-state index contributed by atoms with van der Waals surface area (Å²) < 4.78 is 0. The lowest BCUT2D eigenvalue weighted by atomic mass is 9.74. The first kappa shape index (κ1) is 16.9. The number of benzene rings is 1. The van der Waals surface area contributed by atoms with E-state index in [2.05, 4.69) is 5.32 Å². The van der Waals surface area contributed by atoms with Gasteiger partial charge in [-0.1, -0.05) is 19.3 Å². The summed E-state index contributed by atoms with van der Waals surface area (Å²) in [6, 6.07) is 4.01. The molecule has 0 heterocycles. The second-order valence-corrected chi connectivity index (χ2v) is 6.09. The van der Waals surface area contributed by atoms with Crippen molar-refractivity contribution in [2.45, 2.75) is 39.0 Å². The zero-order valence-corrected chi connectivity index (χ0v) is 13.0. The van der Waals surface area contributed by atoms with Gasteiger partial charge in [0.15, 0.2) is 0 Å². The molecule has 1 saturated carbocycles. The van der Waals surface area contributed by atoms with Gasteiger partial charge in [0.2, 0.25) is 0 Å². The van der Waals surface area contributed by atoms with E-state index in [1.807, 2.05) is 0 Å². The van der Waals surface area contributed by atoms with E-state index in [0.717, 1.165) is 19.3 Å². The summed E-state index contributed by atoms with van der Waals surface area (Å²) in [7, 11) is 0. The van der Waals surface area contributed by atoms with E-state index in [1.54, 1.807) is 6.92 Å². The highest BCUT2D eigenvalue weighted by molar-refractivity contribution is 5.96. The average molecular weight is 320 g/mol. The number of hydrogen-bond acceptors (Lipinski definition) is 4. The highest BCUT2D eigenvalue weighted by atomic mass is 16.6. The Morgan fingerprint density at radius 1 is 1.30 bits per heavy atom. The Hall–Kier alpha value is -2.44. The number of aliphatic carboxylic acids is 1. The van der Waals surface area contributed by atoms with Crippen LogP contribution in [0.3, 0.4) is 0 Å². The van der Waals surface area contributed by atoms with Gasteiger partial charge in [0, 0.05) is 24.2 Å². The molecule has 7 heteroatoms. The number of carbonyl (C=O) groups excluding carboxylic acids is 1. The fourth-order valence-corrected chi connectivity index (χ4v) is 3.06. The van der Waals surface area contributed by atoms with Crippen LogP contribution in [0.25, 0.3) is 0 Å². The maximum Gasteiger partial charge on any atom is 0.311 e. The zero-order chi connectivity index (χ0) is 17.0. The number of nitrogens with one attached hydrogen (secondary N) is 1. The van der Waals surface area contributed by atoms with Gasteiger partial charge >= 0.3 is 5.97 Å². The summed E-state index contributed by atoms with van der Waals surface area (Å²) in [5.74, 6) is -1.28. The van der Waals surface area contributed by atoms with Crippen molar-refractivity contribution in [3.63, 3.8) is 0 Å². The van der Waals surface area contributed by atoms with E-state index in [0.29, 0.717) is 24.0 Å². The number of aryl methyl sites for hydroxylation is 1. The minimum absolute atomic E-state index is 0.0756. The maximum absolute atomic E-state index is 12.3. The van der Waals surface area contributed by atoms with Crippen LogP contribution >= 0.6 is 0 Å². The Kier molecular flexibility index (Phi) is 4.98. The lowest BCUT2D eigenvalue weighted by Gasteiger charge is -2.33. The number of nitrogens with zero attached hydrogens (tertiary/aromatic N) is 1. The topological polar surface area (TPSA) is 110 Å². The van der Waals surface area contributed by atoms with Gasteiger partial charge in [-0.2, -0.15) is 0 Å². The smallest absolute Gasteiger partial charge is 0.311 e. The van der Waals surface area contributed by atoms with Crippen molar-refractivity contribution in [2.24, 2.45) is 5.41 Å². The normalized spacial score (nSPS) is 16.6. The van der Waals surface area contributed by atoms with Gasteiger partial charge < -0.3 is 10.4 Å². The molecule has 1 aliphatic rings. The summed E-state index contributed by atoms with van der Waals surface area (Å²) in [6.45, 7) is 1.70. The first-order valence-corrected chi connectivity index (χ1v) is 7.62. The molecular weight excluding hydrogens is 300 g/mol. The molecule has 0 radical (unpaired) electrons. The molecule has 1 aliphatic carbocycles.